The predicted octanol–water partition coefficient (Wildman–Crippen LogP) is 1.95. The van der Waals surface area contributed by atoms with Crippen molar-refractivity contribution in [2.75, 3.05) is 0 Å². The molecule has 2 rings (SSSR count). The third-order valence-corrected chi connectivity index (χ3v) is 3.20. The second kappa shape index (κ2) is 7.41. The van der Waals surface area contributed by atoms with Gasteiger partial charge in [0.1, 0.15) is 5.75 Å². The molecule has 0 aliphatic heterocycles. The van der Waals surface area contributed by atoms with Crippen LogP contribution in [0.2, 0.25) is 0 Å². The van der Waals surface area contributed by atoms with Crippen LogP contribution in [0.15, 0.2) is 59.5 Å². The lowest BCUT2D eigenvalue weighted by atomic mass is 10.1. The highest BCUT2D eigenvalue weighted by molar-refractivity contribution is 7.85. The van der Waals surface area contributed by atoms with Crippen molar-refractivity contribution in [3.63, 3.8) is 0 Å². The molecule has 0 saturated heterocycles. The molecule has 3 N–H and O–H groups in total. The van der Waals surface area contributed by atoms with Gasteiger partial charge < -0.3 is 10.2 Å². The fourth-order valence-corrected chi connectivity index (χ4v) is 1.88. The molecule has 0 atom stereocenters. The van der Waals surface area contributed by atoms with Gasteiger partial charge in [-0.2, -0.15) is 8.42 Å². The van der Waals surface area contributed by atoms with Gasteiger partial charge in [-0.1, -0.05) is 30.3 Å². The number of hydrogen-bond acceptors (Lipinski definition) is 4. The van der Waals surface area contributed by atoms with E-state index in [1.807, 2.05) is 0 Å². The molecule has 0 aliphatic rings. The summed E-state index contributed by atoms with van der Waals surface area (Å²) in [5.41, 5.74) is 0.690. The first kappa shape index (κ1) is 16.7. The molecule has 0 heterocycles. The summed E-state index contributed by atoms with van der Waals surface area (Å²) in [4.78, 5) is 10.1. The standard InChI is InChI=1S/C8H8O3.C6H6O3S/c9-7-3-1-6(2-4-7)5-8(10)11;7-10(8,9)6-4-2-1-3-5-6/h1-4,9H,5H2,(H,10,11);1-5H,(H,7,8,9). The lowest BCUT2D eigenvalue weighted by Crippen LogP contribution is -1.98. The maximum atomic E-state index is 10.4. The summed E-state index contributed by atoms with van der Waals surface area (Å²) in [6, 6.07) is 13.5. The molecular formula is C14H14O6S. The minimum Gasteiger partial charge on any atom is -0.508 e. The van der Waals surface area contributed by atoms with Crippen LogP contribution in [0.4, 0.5) is 0 Å². The first-order valence-electron chi connectivity index (χ1n) is 5.81. The molecule has 0 amide bonds. The van der Waals surface area contributed by atoms with E-state index in [-0.39, 0.29) is 17.1 Å². The summed E-state index contributed by atoms with van der Waals surface area (Å²) < 4.78 is 29.2. The number of aromatic hydroxyl groups is 1. The Bertz CT molecular complexity index is 677. The van der Waals surface area contributed by atoms with Crippen molar-refractivity contribution in [3.8, 4) is 5.75 Å². The summed E-state index contributed by atoms with van der Waals surface area (Å²) in [6.45, 7) is 0. The predicted molar refractivity (Wildman–Crippen MR) is 75.7 cm³/mol. The molecule has 21 heavy (non-hydrogen) atoms. The summed E-state index contributed by atoms with van der Waals surface area (Å²) in [6.07, 6.45) is 0.000278. The van der Waals surface area contributed by atoms with Crippen LogP contribution in [-0.2, 0) is 21.3 Å². The lowest BCUT2D eigenvalue weighted by Gasteiger charge is -1.95. The molecule has 0 bridgehead atoms. The normalized spacial score (nSPS) is 10.3. The largest absolute Gasteiger partial charge is 0.508 e. The van der Waals surface area contributed by atoms with Gasteiger partial charge in [0.25, 0.3) is 10.1 Å². The molecule has 112 valence electrons. The zero-order chi connectivity index (χ0) is 15.9. The van der Waals surface area contributed by atoms with Gasteiger partial charge in [-0.3, -0.25) is 9.35 Å². The van der Waals surface area contributed by atoms with Gasteiger partial charge >= 0.3 is 5.97 Å². The average Bonchev–Trinajstić information content (AvgIpc) is 2.42. The van der Waals surface area contributed by atoms with Gasteiger partial charge in [-0.25, -0.2) is 0 Å². The van der Waals surface area contributed by atoms with Gasteiger partial charge in [0.15, 0.2) is 0 Å². The topological polar surface area (TPSA) is 112 Å². The Morgan fingerprint density at radius 2 is 1.48 bits per heavy atom. The first-order valence-corrected chi connectivity index (χ1v) is 7.25. The summed E-state index contributed by atoms with van der Waals surface area (Å²) in [7, 11) is -4.00. The van der Waals surface area contributed by atoms with E-state index in [2.05, 4.69) is 0 Å². The van der Waals surface area contributed by atoms with Crippen LogP contribution >= 0.6 is 0 Å². The van der Waals surface area contributed by atoms with Crippen LogP contribution in [0.5, 0.6) is 5.75 Å². The Morgan fingerprint density at radius 1 is 0.952 bits per heavy atom. The minimum atomic E-state index is -4.00. The molecule has 0 aromatic heterocycles. The van der Waals surface area contributed by atoms with Crippen molar-refractivity contribution in [1.29, 1.82) is 0 Å². The first-order chi connectivity index (χ1) is 9.79. The number of carboxylic acids is 1. The Hall–Kier alpha value is -2.38. The Morgan fingerprint density at radius 3 is 1.86 bits per heavy atom. The number of phenolic OH excluding ortho intramolecular Hbond substituents is 1. The molecule has 0 spiro atoms. The van der Waals surface area contributed by atoms with E-state index in [1.54, 1.807) is 30.3 Å². The highest BCUT2D eigenvalue weighted by Gasteiger charge is 2.05. The molecule has 0 fully saturated rings. The fraction of sp³-hybridized carbons (Fsp3) is 0.0714. The second-order valence-corrected chi connectivity index (χ2v) is 5.45. The second-order valence-electron chi connectivity index (χ2n) is 4.03. The SMILES string of the molecule is O=C(O)Cc1ccc(O)cc1.O=S(=O)(O)c1ccccc1. The highest BCUT2D eigenvalue weighted by atomic mass is 32.2. The van der Waals surface area contributed by atoms with Crippen molar-refractivity contribution < 1.29 is 28.0 Å². The van der Waals surface area contributed by atoms with Crippen molar-refractivity contribution in [1.82, 2.24) is 0 Å². The zero-order valence-electron chi connectivity index (χ0n) is 10.9. The molecule has 6 nitrogen and oxygen atoms in total. The summed E-state index contributed by atoms with van der Waals surface area (Å²) >= 11 is 0. The van der Waals surface area contributed by atoms with Gasteiger partial charge in [-0.15, -0.1) is 0 Å². The monoisotopic (exact) mass is 310 g/mol. The number of benzene rings is 2. The van der Waals surface area contributed by atoms with E-state index in [9.17, 15) is 13.2 Å². The molecule has 2 aromatic carbocycles. The number of rotatable bonds is 3. The van der Waals surface area contributed by atoms with Crippen LogP contribution in [0.25, 0.3) is 0 Å². The molecular weight excluding hydrogens is 296 g/mol. The van der Waals surface area contributed by atoms with Crippen LogP contribution in [0.1, 0.15) is 5.56 Å². The average molecular weight is 310 g/mol. The van der Waals surface area contributed by atoms with Crippen molar-refractivity contribution >= 4 is 16.1 Å². The number of phenols is 1. The van der Waals surface area contributed by atoms with E-state index in [0.29, 0.717) is 5.56 Å². The van der Waals surface area contributed by atoms with Crippen molar-refractivity contribution in [2.45, 2.75) is 11.3 Å². The Kier molecular flexibility index (Phi) is 5.89. The molecule has 7 heteroatoms. The van der Waals surface area contributed by atoms with Gasteiger partial charge in [0.2, 0.25) is 0 Å². The van der Waals surface area contributed by atoms with Gasteiger partial charge in [-0.05, 0) is 29.8 Å². The van der Waals surface area contributed by atoms with E-state index in [4.69, 9.17) is 14.8 Å². The van der Waals surface area contributed by atoms with Gasteiger partial charge in [0.05, 0.1) is 11.3 Å². The molecule has 2 aromatic rings. The Balaban J connectivity index is 0.000000211. The maximum Gasteiger partial charge on any atom is 0.307 e. The quantitative estimate of drug-likeness (QED) is 0.747. The summed E-state index contributed by atoms with van der Waals surface area (Å²) in [5, 5.41) is 17.2. The summed E-state index contributed by atoms with van der Waals surface area (Å²) in [5.74, 6) is -0.713. The van der Waals surface area contributed by atoms with E-state index >= 15 is 0 Å². The fourth-order valence-electron chi connectivity index (χ4n) is 1.38. The maximum absolute atomic E-state index is 10.4. The van der Waals surface area contributed by atoms with Crippen LogP contribution < -0.4 is 0 Å². The van der Waals surface area contributed by atoms with Crippen molar-refractivity contribution in [2.24, 2.45) is 0 Å². The number of carbonyl (C=O) groups is 1. The van der Waals surface area contributed by atoms with Crippen LogP contribution in [0, 0.1) is 0 Å². The highest BCUT2D eigenvalue weighted by Crippen LogP contribution is 2.09. The van der Waals surface area contributed by atoms with E-state index in [1.165, 1.54) is 24.3 Å². The number of aliphatic carboxylic acids is 1. The smallest absolute Gasteiger partial charge is 0.307 e. The van der Waals surface area contributed by atoms with E-state index in [0.717, 1.165) is 0 Å². The number of carboxylic acid groups (broad SMARTS) is 1. The minimum absolute atomic E-state index is 0.000278. The van der Waals surface area contributed by atoms with Crippen molar-refractivity contribution in [3.05, 3.63) is 60.2 Å². The lowest BCUT2D eigenvalue weighted by molar-refractivity contribution is -0.136. The molecule has 0 radical (unpaired) electrons. The third kappa shape index (κ3) is 6.55. The Labute approximate surface area is 122 Å². The third-order valence-electron chi connectivity index (χ3n) is 2.33. The molecule has 0 unspecified atom stereocenters. The zero-order valence-corrected chi connectivity index (χ0v) is 11.7. The molecule has 0 aliphatic carbocycles. The molecule has 0 saturated carbocycles. The van der Waals surface area contributed by atoms with E-state index < -0.39 is 16.1 Å². The van der Waals surface area contributed by atoms with Gasteiger partial charge in [0, 0.05) is 0 Å². The van der Waals surface area contributed by atoms with Crippen LogP contribution in [0.3, 0.4) is 0 Å². The van der Waals surface area contributed by atoms with Crippen LogP contribution in [-0.4, -0.2) is 29.2 Å². The number of hydrogen-bond donors (Lipinski definition) is 3.